The number of hydrogen-bond acceptors (Lipinski definition) is 2. The molecule has 0 amide bonds. The molecule has 0 fully saturated rings. The fraction of sp³-hybridized carbons (Fsp3) is 0.235. The lowest BCUT2D eigenvalue weighted by molar-refractivity contribution is 0.0983. The van der Waals surface area contributed by atoms with E-state index in [2.05, 4.69) is 0 Å². The molecule has 0 atom stereocenters. The third-order valence-electron chi connectivity index (χ3n) is 3.22. The summed E-state index contributed by atoms with van der Waals surface area (Å²) in [5, 5.41) is 0.532. The highest BCUT2D eigenvalue weighted by Gasteiger charge is 2.10. The molecule has 0 aliphatic rings. The SMILES string of the molecule is COc1ccc(CCC(=O)c2ccc(C)cc2Cl)cc1. The van der Waals surface area contributed by atoms with E-state index in [1.54, 1.807) is 13.2 Å². The predicted octanol–water partition coefficient (Wildman–Crippen LogP) is 4.47. The maximum Gasteiger partial charge on any atom is 0.164 e. The summed E-state index contributed by atoms with van der Waals surface area (Å²) in [4.78, 5) is 12.2. The summed E-state index contributed by atoms with van der Waals surface area (Å²) in [5.41, 5.74) is 2.77. The summed E-state index contributed by atoms with van der Waals surface area (Å²) >= 11 is 6.11. The number of carbonyl (C=O) groups is 1. The van der Waals surface area contributed by atoms with Gasteiger partial charge < -0.3 is 4.74 Å². The highest BCUT2D eigenvalue weighted by Crippen LogP contribution is 2.20. The van der Waals surface area contributed by atoms with Crippen LogP contribution in [0.3, 0.4) is 0 Å². The Morgan fingerprint density at radius 2 is 1.85 bits per heavy atom. The zero-order valence-corrected chi connectivity index (χ0v) is 12.4. The van der Waals surface area contributed by atoms with Gasteiger partial charge in [0, 0.05) is 12.0 Å². The first-order valence-corrected chi connectivity index (χ1v) is 6.90. The highest BCUT2D eigenvalue weighted by atomic mass is 35.5. The van der Waals surface area contributed by atoms with Crippen molar-refractivity contribution in [2.75, 3.05) is 7.11 Å². The van der Waals surface area contributed by atoms with Gasteiger partial charge >= 0.3 is 0 Å². The number of halogens is 1. The van der Waals surface area contributed by atoms with Crippen molar-refractivity contribution in [1.29, 1.82) is 0 Å². The first kappa shape index (κ1) is 14.6. The molecule has 2 aromatic rings. The maximum atomic E-state index is 12.2. The van der Waals surface area contributed by atoms with Crippen LogP contribution in [0.15, 0.2) is 42.5 Å². The van der Waals surface area contributed by atoms with Crippen molar-refractivity contribution in [3.63, 3.8) is 0 Å². The minimum absolute atomic E-state index is 0.0748. The van der Waals surface area contributed by atoms with Crippen molar-refractivity contribution in [2.45, 2.75) is 19.8 Å². The van der Waals surface area contributed by atoms with Crippen LogP contribution in [0.2, 0.25) is 5.02 Å². The standard InChI is InChI=1S/C17H17ClO2/c1-12-3-9-15(16(18)11-12)17(19)10-6-13-4-7-14(20-2)8-5-13/h3-5,7-9,11H,6,10H2,1-2H3. The van der Waals surface area contributed by atoms with E-state index in [-0.39, 0.29) is 5.78 Å². The molecule has 0 saturated carbocycles. The average Bonchev–Trinajstić information content (AvgIpc) is 2.45. The molecule has 20 heavy (non-hydrogen) atoms. The van der Waals surface area contributed by atoms with E-state index in [1.807, 2.05) is 43.3 Å². The van der Waals surface area contributed by atoms with Gasteiger partial charge in [-0.2, -0.15) is 0 Å². The topological polar surface area (TPSA) is 26.3 Å². The van der Waals surface area contributed by atoms with Crippen LogP contribution in [0, 0.1) is 6.92 Å². The van der Waals surface area contributed by atoms with E-state index >= 15 is 0 Å². The van der Waals surface area contributed by atoms with E-state index in [9.17, 15) is 4.79 Å². The average molecular weight is 289 g/mol. The van der Waals surface area contributed by atoms with Gasteiger partial charge in [-0.25, -0.2) is 0 Å². The van der Waals surface area contributed by atoms with E-state index in [4.69, 9.17) is 16.3 Å². The minimum Gasteiger partial charge on any atom is -0.497 e. The molecule has 3 heteroatoms. The first-order valence-electron chi connectivity index (χ1n) is 6.52. The third-order valence-corrected chi connectivity index (χ3v) is 3.54. The summed E-state index contributed by atoms with van der Waals surface area (Å²) in [5.74, 6) is 0.896. The Morgan fingerprint density at radius 3 is 2.45 bits per heavy atom. The Kier molecular flexibility index (Phi) is 4.80. The van der Waals surface area contributed by atoms with Crippen LogP contribution < -0.4 is 4.74 Å². The van der Waals surface area contributed by atoms with Gasteiger partial charge in [0.2, 0.25) is 0 Å². The van der Waals surface area contributed by atoms with Gasteiger partial charge in [0.1, 0.15) is 5.75 Å². The monoisotopic (exact) mass is 288 g/mol. The lowest BCUT2D eigenvalue weighted by atomic mass is 10.0. The lowest BCUT2D eigenvalue weighted by Crippen LogP contribution is -2.02. The summed E-state index contributed by atoms with van der Waals surface area (Å²) in [6, 6.07) is 13.3. The zero-order valence-electron chi connectivity index (χ0n) is 11.7. The predicted molar refractivity (Wildman–Crippen MR) is 81.8 cm³/mol. The molecule has 0 bridgehead atoms. The normalized spacial score (nSPS) is 10.3. The lowest BCUT2D eigenvalue weighted by Gasteiger charge is -2.06. The van der Waals surface area contributed by atoms with E-state index in [1.165, 1.54) is 0 Å². The molecular formula is C17H17ClO2. The number of hydrogen-bond donors (Lipinski definition) is 0. The maximum absolute atomic E-state index is 12.2. The van der Waals surface area contributed by atoms with E-state index < -0.39 is 0 Å². The number of ketones is 1. The summed E-state index contributed by atoms with van der Waals surface area (Å²) < 4.78 is 5.11. The van der Waals surface area contributed by atoms with E-state index in [0.29, 0.717) is 23.4 Å². The quantitative estimate of drug-likeness (QED) is 0.759. The molecule has 0 aliphatic carbocycles. The molecule has 0 saturated heterocycles. The molecule has 0 heterocycles. The van der Waals surface area contributed by atoms with Gasteiger partial charge in [-0.3, -0.25) is 4.79 Å². The molecule has 104 valence electrons. The second-order valence-corrected chi connectivity index (χ2v) is 5.16. The molecule has 0 radical (unpaired) electrons. The molecule has 0 unspecified atom stereocenters. The van der Waals surface area contributed by atoms with Crippen molar-refractivity contribution in [3.05, 3.63) is 64.2 Å². The summed E-state index contributed by atoms with van der Waals surface area (Å²) in [7, 11) is 1.64. The second kappa shape index (κ2) is 6.58. The Balaban J connectivity index is 2.00. The van der Waals surface area contributed by atoms with Crippen LogP contribution in [0.25, 0.3) is 0 Å². The number of Topliss-reactive ketones (excluding diaryl/α,β-unsaturated/α-hetero) is 1. The Hall–Kier alpha value is -1.80. The molecule has 0 spiro atoms. The summed E-state index contributed by atoms with van der Waals surface area (Å²) in [6.07, 6.45) is 1.15. The highest BCUT2D eigenvalue weighted by molar-refractivity contribution is 6.34. The Morgan fingerprint density at radius 1 is 1.15 bits per heavy atom. The third kappa shape index (κ3) is 3.61. The molecular weight excluding hydrogens is 272 g/mol. The van der Waals surface area contributed by atoms with Gasteiger partial charge in [-0.1, -0.05) is 29.8 Å². The van der Waals surface area contributed by atoms with Crippen molar-refractivity contribution in [2.24, 2.45) is 0 Å². The number of carbonyl (C=O) groups excluding carboxylic acids is 1. The summed E-state index contributed by atoms with van der Waals surface area (Å²) in [6.45, 7) is 1.96. The van der Waals surface area contributed by atoms with Crippen LogP contribution in [-0.4, -0.2) is 12.9 Å². The van der Waals surface area contributed by atoms with Gasteiger partial charge in [0.15, 0.2) is 5.78 Å². The largest absolute Gasteiger partial charge is 0.497 e. The van der Waals surface area contributed by atoms with Crippen LogP contribution in [0.1, 0.15) is 27.9 Å². The number of rotatable bonds is 5. The molecule has 2 aromatic carbocycles. The second-order valence-electron chi connectivity index (χ2n) is 4.75. The van der Waals surface area contributed by atoms with Crippen molar-refractivity contribution in [1.82, 2.24) is 0 Å². The van der Waals surface area contributed by atoms with Crippen LogP contribution in [0.4, 0.5) is 0 Å². The van der Waals surface area contributed by atoms with Crippen molar-refractivity contribution >= 4 is 17.4 Å². The van der Waals surface area contributed by atoms with Crippen LogP contribution in [-0.2, 0) is 6.42 Å². The number of methoxy groups -OCH3 is 1. The van der Waals surface area contributed by atoms with E-state index in [0.717, 1.165) is 16.9 Å². The Labute approximate surface area is 124 Å². The van der Waals surface area contributed by atoms with Gasteiger partial charge in [0.25, 0.3) is 0 Å². The van der Waals surface area contributed by atoms with Gasteiger partial charge in [0.05, 0.1) is 12.1 Å². The molecule has 0 aromatic heterocycles. The van der Waals surface area contributed by atoms with Crippen LogP contribution in [0.5, 0.6) is 5.75 Å². The fourth-order valence-corrected chi connectivity index (χ4v) is 2.37. The molecule has 0 N–H and O–H groups in total. The zero-order chi connectivity index (χ0) is 14.5. The smallest absolute Gasteiger partial charge is 0.164 e. The number of benzene rings is 2. The first-order chi connectivity index (χ1) is 9.60. The molecule has 0 aliphatic heterocycles. The molecule has 2 nitrogen and oxygen atoms in total. The van der Waals surface area contributed by atoms with Crippen LogP contribution >= 0.6 is 11.6 Å². The number of ether oxygens (including phenoxy) is 1. The van der Waals surface area contributed by atoms with Gasteiger partial charge in [-0.15, -0.1) is 0 Å². The van der Waals surface area contributed by atoms with Gasteiger partial charge in [-0.05, 0) is 48.7 Å². The van der Waals surface area contributed by atoms with Crippen molar-refractivity contribution < 1.29 is 9.53 Å². The number of aryl methyl sites for hydroxylation is 2. The van der Waals surface area contributed by atoms with Crippen molar-refractivity contribution in [3.8, 4) is 5.75 Å². The minimum atomic E-state index is 0.0748. The molecule has 2 rings (SSSR count). The Bertz CT molecular complexity index is 603. The fourth-order valence-electron chi connectivity index (χ4n) is 2.03.